The van der Waals surface area contributed by atoms with Crippen LogP contribution in [0.2, 0.25) is 0 Å². The molecule has 1 aromatic carbocycles. The van der Waals surface area contributed by atoms with Crippen LogP contribution < -0.4 is 0 Å². The van der Waals surface area contributed by atoms with Gasteiger partial charge >= 0.3 is 0 Å². The summed E-state index contributed by atoms with van der Waals surface area (Å²) in [5, 5.41) is 0. The lowest BCUT2D eigenvalue weighted by molar-refractivity contribution is -0.129. The highest BCUT2D eigenvalue weighted by Crippen LogP contribution is 2.25. The van der Waals surface area contributed by atoms with Gasteiger partial charge in [0.25, 0.3) is 0 Å². The van der Waals surface area contributed by atoms with Crippen LogP contribution in [0.3, 0.4) is 0 Å². The number of carbonyl (C=O) groups is 1. The van der Waals surface area contributed by atoms with Crippen molar-refractivity contribution in [3.8, 4) is 0 Å². The number of benzene rings is 1. The van der Waals surface area contributed by atoms with Gasteiger partial charge in [0.1, 0.15) is 0 Å². The Morgan fingerprint density at radius 1 is 1.38 bits per heavy atom. The van der Waals surface area contributed by atoms with Crippen molar-refractivity contribution < 1.29 is 9.53 Å². The van der Waals surface area contributed by atoms with Crippen LogP contribution in [0.5, 0.6) is 0 Å². The Morgan fingerprint density at radius 2 is 2.25 bits per heavy atom. The third-order valence-corrected chi connectivity index (χ3v) is 6.03. The molecule has 2 fully saturated rings. The lowest BCUT2D eigenvalue weighted by Crippen LogP contribution is -2.44. The van der Waals surface area contributed by atoms with Crippen molar-refractivity contribution in [2.45, 2.75) is 45.3 Å². The average molecular weight is 346 g/mol. The number of rotatable bonds is 5. The van der Waals surface area contributed by atoms with Crippen LogP contribution in [-0.2, 0) is 9.53 Å². The molecule has 0 spiro atoms. The van der Waals surface area contributed by atoms with Crippen LogP contribution in [0.15, 0.2) is 24.3 Å². The van der Waals surface area contributed by atoms with Gasteiger partial charge in [0.15, 0.2) is 0 Å². The van der Waals surface area contributed by atoms with Crippen molar-refractivity contribution in [2.75, 3.05) is 24.7 Å². The summed E-state index contributed by atoms with van der Waals surface area (Å²) in [6.45, 7) is 5.76. The summed E-state index contributed by atoms with van der Waals surface area (Å²) in [5.41, 5.74) is 3.58. The van der Waals surface area contributed by atoms with Gasteiger partial charge in [0.05, 0.1) is 6.10 Å². The second-order valence-electron chi connectivity index (χ2n) is 6.84. The first kappa shape index (κ1) is 17.6. The molecule has 0 aliphatic carbocycles. The molecule has 3 nitrogen and oxygen atoms in total. The van der Waals surface area contributed by atoms with E-state index < -0.39 is 0 Å². The molecule has 0 N–H and O–H groups in total. The first-order chi connectivity index (χ1) is 11.6. The largest absolute Gasteiger partial charge is 0.376 e. The van der Waals surface area contributed by atoms with E-state index in [0.29, 0.717) is 6.04 Å². The average Bonchev–Trinajstić information content (AvgIpc) is 3.25. The highest BCUT2D eigenvalue weighted by Gasteiger charge is 2.29. The van der Waals surface area contributed by atoms with Gasteiger partial charge in [0, 0.05) is 31.0 Å². The molecule has 24 heavy (non-hydrogen) atoms. The van der Waals surface area contributed by atoms with Crippen molar-refractivity contribution in [3.63, 3.8) is 0 Å². The zero-order valence-electron chi connectivity index (χ0n) is 14.7. The molecule has 0 bridgehead atoms. The summed E-state index contributed by atoms with van der Waals surface area (Å²) in [7, 11) is 0. The predicted octanol–water partition coefficient (Wildman–Crippen LogP) is 3.83. The molecule has 2 unspecified atom stereocenters. The van der Waals surface area contributed by atoms with E-state index in [0.717, 1.165) is 49.5 Å². The summed E-state index contributed by atoms with van der Waals surface area (Å²) in [6.07, 6.45) is 7.21. The first-order valence-corrected chi connectivity index (χ1v) is 10.0. The van der Waals surface area contributed by atoms with E-state index in [-0.39, 0.29) is 12.0 Å². The van der Waals surface area contributed by atoms with Crippen LogP contribution in [0, 0.1) is 13.8 Å². The predicted molar refractivity (Wildman–Crippen MR) is 101 cm³/mol. The quantitative estimate of drug-likeness (QED) is 0.760. The van der Waals surface area contributed by atoms with Crippen molar-refractivity contribution >= 4 is 23.7 Å². The second-order valence-corrected chi connectivity index (χ2v) is 7.99. The lowest BCUT2D eigenvalue weighted by Gasteiger charge is -2.29. The van der Waals surface area contributed by atoms with E-state index in [2.05, 4.69) is 36.9 Å². The maximum atomic E-state index is 12.8. The molecule has 2 atom stereocenters. The molecule has 1 aromatic rings. The zero-order chi connectivity index (χ0) is 16.9. The van der Waals surface area contributed by atoms with Crippen LogP contribution in [-0.4, -0.2) is 47.6 Å². The molecule has 1 amide bonds. The monoisotopic (exact) mass is 345 g/mol. The molecule has 0 aromatic heterocycles. The first-order valence-electron chi connectivity index (χ1n) is 8.89. The number of ether oxygens (including phenoxy) is 1. The van der Waals surface area contributed by atoms with E-state index in [1.807, 2.05) is 17.8 Å². The fourth-order valence-corrected chi connectivity index (χ4v) is 4.69. The van der Waals surface area contributed by atoms with Crippen LogP contribution in [0.4, 0.5) is 0 Å². The SMILES string of the molecule is Cc1ccc(/C=C/C(=O)N(CC2CCCO2)C2CCSC2)c(C)c1. The molecule has 2 aliphatic heterocycles. The standard InChI is InChI=1S/C20H27NO2S/c1-15-5-6-17(16(2)12-15)7-8-20(22)21(18-9-11-24-14-18)13-19-4-3-10-23-19/h5-8,12,18-19H,3-4,9-11,13-14H2,1-2H3/b8-7+. The molecule has 2 saturated heterocycles. The normalized spacial score (nSPS) is 23.9. The minimum absolute atomic E-state index is 0.123. The Balaban J connectivity index is 1.70. The molecule has 130 valence electrons. The maximum Gasteiger partial charge on any atom is 0.246 e. The summed E-state index contributed by atoms with van der Waals surface area (Å²) < 4.78 is 5.76. The van der Waals surface area contributed by atoms with E-state index in [9.17, 15) is 4.79 Å². The van der Waals surface area contributed by atoms with Gasteiger partial charge in [-0.2, -0.15) is 11.8 Å². The van der Waals surface area contributed by atoms with Gasteiger partial charge in [-0.05, 0) is 56.1 Å². The number of carbonyl (C=O) groups excluding carboxylic acids is 1. The van der Waals surface area contributed by atoms with E-state index in [1.54, 1.807) is 6.08 Å². The zero-order valence-corrected chi connectivity index (χ0v) is 15.5. The van der Waals surface area contributed by atoms with Gasteiger partial charge in [-0.15, -0.1) is 0 Å². The minimum Gasteiger partial charge on any atom is -0.376 e. The van der Waals surface area contributed by atoms with E-state index in [4.69, 9.17) is 4.74 Å². The van der Waals surface area contributed by atoms with Gasteiger partial charge in [-0.1, -0.05) is 23.8 Å². The number of hydrogen-bond acceptors (Lipinski definition) is 3. The Hall–Kier alpha value is -1.26. The molecule has 2 heterocycles. The van der Waals surface area contributed by atoms with Gasteiger partial charge in [-0.25, -0.2) is 0 Å². The third-order valence-electron chi connectivity index (χ3n) is 4.88. The molecular formula is C20H27NO2S. The number of hydrogen-bond donors (Lipinski definition) is 0. The van der Waals surface area contributed by atoms with Crippen molar-refractivity contribution in [1.82, 2.24) is 4.90 Å². The molecule has 2 aliphatic rings. The fraction of sp³-hybridized carbons (Fsp3) is 0.550. The van der Waals surface area contributed by atoms with Gasteiger partial charge < -0.3 is 9.64 Å². The summed E-state index contributed by atoms with van der Waals surface area (Å²) in [5.74, 6) is 2.33. The smallest absolute Gasteiger partial charge is 0.246 e. The minimum atomic E-state index is 0.123. The Labute approximate surface area is 149 Å². The molecule has 4 heteroatoms. The number of aryl methyl sites for hydroxylation is 2. The number of thioether (sulfide) groups is 1. The van der Waals surface area contributed by atoms with Crippen molar-refractivity contribution in [3.05, 3.63) is 41.0 Å². The third kappa shape index (κ3) is 4.42. The maximum absolute atomic E-state index is 12.8. The molecule has 0 saturated carbocycles. The summed E-state index contributed by atoms with van der Waals surface area (Å²) >= 11 is 1.95. The van der Waals surface area contributed by atoms with Gasteiger partial charge in [0.2, 0.25) is 5.91 Å². The molecular weight excluding hydrogens is 318 g/mol. The van der Waals surface area contributed by atoms with E-state index >= 15 is 0 Å². The lowest BCUT2D eigenvalue weighted by atomic mass is 10.1. The number of amides is 1. The Morgan fingerprint density at radius 3 is 2.92 bits per heavy atom. The Kier molecular flexibility index (Phi) is 6.01. The topological polar surface area (TPSA) is 29.5 Å². The molecule has 0 radical (unpaired) electrons. The Bertz CT molecular complexity index is 602. The van der Waals surface area contributed by atoms with Gasteiger partial charge in [-0.3, -0.25) is 4.79 Å². The summed E-state index contributed by atoms with van der Waals surface area (Å²) in [4.78, 5) is 14.9. The summed E-state index contributed by atoms with van der Waals surface area (Å²) in [6, 6.07) is 6.69. The number of nitrogens with zero attached hydrogens (tertiary/aromatic N) is 1. The highest BCUT2D eigenvalue weighted by molar-refractivity contribution is 7.99. The second kappa shape index (κ2) is 8.21. The van der Waals surface area contributed by atoms with Crippen LogP contribution in [0.25, 0.3) is 6.08 Å². The van der Waals surface area contributed by atoms with Crippen LogP contribution in [0.1, 0.15) is 36.0 Å². The van der Waals surface area contributed by atoms with Crippen LogP contribution >= 0.6 is 11.8 Å². The highest BCUT2D eigenvalue weighted by atomic mass is 32.2. The fourth-order valence-electron chi connectivity index (χ4n) is 3.46. The van der Waals surface area contributed by atoms with Crippen molar-refractivity contribution in [2.24, 2.45) is 0 Å². The van der Waals surface area contributed by atoms with Crippen molar-refractivity contribution in [1.29, 1.82) is 0 Å². The van der Waals surface area contributed by atoms with E-state index in [1.165, 1.54) is 11.1 Å². The molecule has 3 rings (SSSR count).